The molecule has 1 nitrogen and oxygen atoms in total. The van der Waals surface area contributed by atoms with Gasteiger partial charge in [0.25, 0.3) is 0 Å². The van der Waals surface area contributed by atoms with Gasteiger partial charge in [-0.05, 0) is 30.5 Å². The smallest absolute Gasteiger partial charge is 0.0650 e. The molecule has 0 spiro atoms. The topological polar surface area (TPSA) is 12.4 Å². The van der Waals surface area contributed by atoms with Gasteiger partial charge in [0.05, 0.1) is 6.54 Å². The standard InChI is InChI=1S/C12H12BrN/c1-12(4-5-12)11-10-6-9(13)3-2-8(10)7-14-11/h2-3,6H,4-5,7H2,1H3. The summed E-state index contributed by atoms with van der Waals surface area (Å²) in [4.78, 5) is 4.67. The van der Waals surface area contributed by atoms with E-state index in [2.05, 4.69) is 46.0 Å². The van der Waals surface area contributed by atoms with E-state index in [-0.39, 0.29) is 0 Å². The van der Waals surface area contributed by atoms with Crippen molar-refractivity contribution in [1.82, 2.24) is 0 Å². The van der Waals surface area contributed by atoms with Gasteiger partial charge < -0.3 is 0 Å². The first kappa shape index (κ1) is 8.66. The normalized spacial score (nSPS) is 21.7. The fraction of sp³-hybridized carbons (Fsp3) is 0.417. The van der Waals surface area contributed by atoms with Gasteiger partial charge in [0.15, 0.2) is 0 Å². The highest BCUT2D eigenvalue weighted by Crippen LogP contribution is 2.50. The number of hydrogen-bond donors (Lipinski definition) is 0. The Bertz CT molecular complexity index is 430. The first-order valence-electron chi connectivity index (χ1n) is 5.03. The molecule has 1 saturated carbocycles. The van der Waals surface area contributed by atoms with Crippen LogP contribution in [-0.4, -0.2) is 5.71 Å². The molecule has 1 aliphatic carbocycles. The number of nitrogens with zero attached hydrogens (tertiary/aromatic N) is 1. The van der Waals surface area contributed by atoms with E-state index in [0.717, 1.165) is 11.0 Å². The monoisotopic (exact) mass is 249 g/mol. The summed E-state index contributed by atoms with van der Waals surface area (Å²) < 4.78 is 1.16. The second-order valence-corrected chi connectivity index (χ2v) is 5.44. The van der Waals surface area contributed by atoms with Gasteiger partial charge in [-0.2, -0.15) is 0 Å². The lowest BCUT2D eigenvalue weighted by atomic mass is 9.95. The molecule has 1 aliphatic heterocycles. The zero-order valence-corrected chi connectivity index (χ0v) is 9.76. The fourth-order valence-electron chi connectivity index (χ4n) is 2.10. The highest BCUT2D eigenvalue weighted by atomic mass is 79.9. The van der Waals surface area contributed by atoms with E-state index >= 15 is 0 Å². The number of halogens is 1. The van der Waals surface area contributed by atoms with Gasteiger partial charge in [-0.15, -0.1) is 0 Å². The first-order chi connectivity index (χ1) is 6.69. The molecule has 0 saturated heterocycles. The lowest BCUT2D eigenvalue weighted by Crippen LogP contribution is -2.11. The van der Waals surface area contributed by atoms with Crippen LogP contribution in [0.2, 0.25) is 0 Å². The molecule has 0 bridgehead atoms. The summed E-state index contributed by atoms with van der Waals surface area (Å²) in [6.07, 6.45) is 2.61. The Kier molecular flexibility index (Phi) is 1.67. The zero-order chi connectivity index (χ0) is 9.76. The maximum atomic E-state index is 4.67. The summed E-state index contributed by atoms with van der Waals surface area (Å²) in [6, 6.07) is 6.50. The highest BCUT2D eigenvalue weighted by molar-refractivity contribution is 9.10. The third-order valence-corrected chi connectivity index (χ3v) is 3.80. The molecule has 0 radical (unpaired) electrons. The van der Waals surface area contributed by atoms with Crippen molar-refractivity contribution in [3.8, 4) is 0 Å². The van der Waals surface area contributed by atoms with Gasteiger partial charge in [0, 0.05) is 21.2 Å². The van der Waals surface area contributed by atoms with Crippen LogP contribution in [0.25, 0.3) is 0 Å². The van der Waals surface area contributed by atoms with Gasteiger partial charge >= 0.3 is 0 Å². The number of hydrogen-bond acceptors (Lipinski definition) is 1. The van der Waals surface area contributed by atoms with Crippen molar-refractivity contribution in [3.63, 3.8) is 0 Å². The summed E-state index contributed by atoms with van der Waals surface area (Å²) in [7, 11) is 0. The Morgan fingerprint density at radius 3 is 2.86 bits per heavy atom. The van der Waals surface area contributed by atoms with Crippen LogP contribution in [-0.2, 0) is 6.54 Å². The molecule has 2 heteroatoms. The molecule has 1 heterocycles. The second kappa shape index (κ2) is 2.69. The second-order valence-electron chi connectivity index (χ2n) is 4.53. The summed E-state index contributed by atoms with van der Waals surface area (Å²) in [6.45, 7) is 3.20. The van der Waals surface area contributed by atoms with Gasteiger partial charge in [-0.25, -0.2) is 0 Å². The number of benzene rings is 1. The van der Waals surface area contributed by atoms with Crippen LogP contribution in [0.15, 0.2) is 27.7 Å². The van der Waals surface area contributed by atoms with E-state index < -0.39 is 0 Å². The third kappa shape index (κ3) is 1.17. The summed E-state index contributed by atoms with van der Waals surface area (Å²) in [5, 5.41) is 0. The molecule has 0 aromatic heterocycles. The van der Waals surface area contributed by atoms with Crippen molar-refractivity contribution in [2.24, 2.45) is 10.4 Å². The molecule has 0 atom stereocenters. The lowest BCUT2D eigenvalue weighted by molar-refractivity contribution is 0.803. The van der Waals surface area contributed by atoms with Crippen LogP contribution in [0.4, 0.5) is 0 Å². The largest absolute Gasteiger partial charge is 0.284 e. The van der Waals surface area contributed by atoms with Gasteiger partial charge in [-0.1, -0.05) is 28.9 Å². The average Bonchev–Trinajstić information content (AvgIpc) is 2.77. The van der Waals surface area contributed by atoms with Crippen molar-refractivity contribution < 1.29 is 0 Å². The molecule has 2 aliphatic rings. The summed E-state index contributed by atoms with van der Waals surface area (Å²) in [5.74, 6) is 0. The number of fused-ring (bicyclic) bond motifs is 1. The molecule has 0 unspecified atom stereocenters. The average molecular weight is 250 g/mol. The van der Waals surface area contributed by atoms with Crippen molar-refractivity contribution in [2.75, 3.05) is 0 Å². The molecule has 0 amide bonds. The maximum absolute atomic E-state index is 4.67. The van der Waals surface area contributed by atoms with Gasteiger partial charge in [0.1, 0.15) is 0 Å². The van der Waals surface area contributed by atoms with E-state index in [1.165, 1.54) is 29.7 Å². The fourth-order valence-corrected chi connectivity index (χ4v) is 2.46. The van der Waals surface area contributed by atoms with Crippen LogP contribution >= 0.6 is 15.9 Å². The zero-order valence-electron chi connectivity index (χ0n) is 8.18. The van der Waals surface area contributed by atoms with Crippen LogP contribution in [0.3, 0.4) is 0 Å². The Labute approximate surface area is 92.4 Å². The van der Waals surface area contributed by atoms with Gasteiger partial charge in [0.2, 0.25) is 0 Å². The van der Waals surface area contributed by atoms with Gasteiger partial charge in [-0.3, -0.25) is 4.99 Å². The van der Waals surface area contributed by atoms with Crippen molar-refractivity contribution in [3.05, 3.63) is 33.8 Å². The SMILES string of the molecule is CC1(C2=NCc3ccc(Br)cc32)CC1. The number of aliphatic imine (C=N–C) groups is 1. The Morgan fingerprint density at radius 2 is 2.14 bits per heavy atom. The number of rotatable bonds is 1. The minimum atomic E-state index is 0.395. The van der Waals surface area contributed by atoms with E-state index in [0.29, 0.717) is 5.41 Å². The Morgan fingerprint density at radius 1 is 1.36 bits per heavy atom. The Balaban J connectivity index is 2.10. The van der Waals surface area contributed by atoms with Crippen LogP contribution < -0.4 is 0 Å². The van der Waals surface area contributed by atoms with E-state index in [4.69, 9.17) is 0 Å². The van der Waals surface area contributed by atoms with Crippen molar-refractivity contribution in [1.29, 1.82) is 0 Å². The molecule has 72 valence electrons. The van der Waals surface area contributed by atoms with E-state index in [9.17, 15) is 0 Å². The third-order valence-electron chi connectivity index (χ3n) is 3.31. The summed E-state index contributed by atoms with van der Waals surface area (Å²) >= 11 is 3.52. The van der Waals surface area contributed by atoms with E-state index in [1.54, 1.807) is 0 Å². The quantitative estimate of drug-likeness (QED) is 0.722. The molecule has 0 N–H and O–H groups in total. The molecule has 1 fully saturated rings. The van der Waals surface area contributed by atoms with Crippen LogP contribution in [0.1, 0.15) is 30.9 Å². The van der Waals surface area contributed by atoms with E-state index in [1.807, 2.05) is 0 Å². The summed E-state index contributed by atoms with van der Waals surface area (Å²) in [5.41, 5.74) is 4.50. The minimum Gasteiger partial charge on any atom is -0.284 e. The lowest BCUT2D eigenvalue weighted by Gasteiger charge is -2.10. The molecular weight excluding hydrogens is 238 g/mol. The Hall–Kier alpha value is -0.630. The predicted molar refractivity (Wildman–Crippen MR) is 61.7 cm³/mol. The maximum Gasteiger partial charge on any atom is 0.0650 e. The van der Waals surface area contributed by atoms with Crippen molar-refractivity contribution >= 4 is 21.6 Å². The molecule has 1 aromatic carbocycles. The molecule has 3 rings (SSSR count). The predicted octanol–water partition coefficient (Wildman–Crippen LogP) is 3.55. The van der Waals surface area contributed by atoms with Crippen LogP contribution in [0, 0.1) is 5.41 Å². The molecular formula is C12H12BrN. The van der Waals surface area contributed by atoms with Crippen molar-refractivity contribution in [2.45, 2.75) is 26.3 Å². The molecule has 14 heavy (non-hydrogen) atoms. The highest BCUT2D eigenvalue weighted by Gasteiger charge is 2.44. The first-order valence-corrected chi connectivity index (χ1v) is 5.82. The minimum absolute atomic E-state index is 0.395. The molecule has 1 aromatic rings. The van der Waals surface area contributed by atoms with Crippen LogP contribution in [0.5, 0.6) is 0 Å².